The molecule has 0 aliphatic carbocycles. The summed E-state index contributed by atoms with van der Waals surface area (Å²) in [6.07, 6.45) is 1.63. The molecule has 1 N–H and O–H groups in total. The zero-order valence-electron chi connectivity index (χ0n) is 9.11. The second kappa shape index (κ2) is 6.15. The van der Waals surface area contributed by atoms with Crippen LogP contribution < -0.4 is 5.32 Å². The number of anilines is 2. The molecule has 94 valence electrons. The summed E-state index contributed by atoms with van der Waals surface area (Å²) in [6.45, 7) is 0. The summed E-state index contributed by atoms with van der Waals surface area (Å²) in [5.41, 5.74) is 0.613. The third kappa shape index (κ3) is 3.43. The highest BCUT2D eigenvalue weighted by Crippen LogP contribution is 2.34. The molecule has 0 bridgehead atoms. The molecule has 0 saturated carbocycles. The van der Waals surface area contributed by atoms with E-state index >= 15 is 0 Å². The minimum Gasteiger partial charge on any atom is -0.338 e. The second-order valence-corrected chi connectivity index (χ2v) is 5.22. The molecule has 0 radical (unpaired) electrons. The van der Waals surface area contributed by atoms with E-state index in [1.54, 1.807) is 36.5 Å². The fraction of sp³-hybridized carbons (Fsp3) is 0.0833. The predicted octanol–water partition coefficient (Wildman–Crippen LogP) is 4.90. The van der Waals surface area contributed by atoms with Crippen molar-refractivity contribution in [3.63, 3.8) is 0 Å². The van der Waals surface area contributed by atoms with Crippen LogP contribution in [0.25, 0.3) is 0 Å². The fourth-order valence-electron chi connectivity index (χ4n) is 1.37. The molecule has 1 aromatic heterocycles. The maximum absolute atomic E-state index is 12.4. The molecular weight excluding hydrogens is 322 g/mol. The van der Waals surface area contributed by atoms with Gasteiger partial charge in [0.25, 0.3) is 5.76 Å². The minimum atomic E-state index is -2.44. The van der Waals surface area contributed by atoms with Gasteiger partial charge in [0.05, 0.1) is 10.2 Å². The highest BCUT2D eigenvalue weighted by molar-refractivity contribution is 9.10. The van der Waals surface area contributed by atoms with Crippen molar-refractivity contribution >= 4 is 39.2 Å². The average Bonchev–Trinajstić information content (AvgIpc) is 2.34. The molecule has 0 aliphatic heterocycles. The first-order valence-corrected chi connectivity index (χ1v) is 6.75. The minimum absolute atomic E-state index is 0.491. The zero-order chi connectivity index (χ0) is 13.0. The molecule has 0 aliphatic rings. The molecule has 0 spiro atoms. The number of halogens is 3. The van der Waals surface area contributed by atoms with Gasteiger partial charge in [-0.3, -0.25) is 0 Å². The van der Waals surface area contributed by atoms with Gasteiger partial charge in [0.1, 0.15) is 5.82 Å². The summed E-state index contributed by atoms with van der Waals surface area (Å²) in [5.74, 6) is -1.85. The van der Waals surface area contributed by atoms with Crippen molar-refractivity contribution < 1.29 is 8.78 Å². The van der Waals surface area contributed by atoms with E-state index in [0.717, 1.165) is 4.47 Å². The number of alkyl halides is 2. The number of pyridine rings is 1. The Morgan fingerprint density at radius 1 is 1.17 bits per heavy atom. The van der Waals surface area contributed by atoms with E-state index in [1.165, 1.54) is 0 Å². The van der Waals surface area contributed by atoms with Crippen molar-refractivity contribution in [1.29, 1.82) is 0 Å². The summed E-state index contributed by atoms with van der Waals surface area (Å²) in [4.78, 5) is 4.63. The van der Waals surface area contributed by atoms with Crippen molar-refractivity contribution in [3.05, 3.63) is 47.1 Å². The normalized spacial score (nSPS) is 10.7. The van der Waals surface area contributed by atoms with E-state index in [9.17, 15) is 8.78 Å². The van der Waals surface area contributed by atoms with Gasteiger partial charge in [-0.2, -0.15) is 8.78 Å². The van der Waals surface area contributed by atoms with Crippen LogP contribution >= 0.6 is 27.7 Å². The molecule has 18 heavy (non-hydrogen) atoms. The van der Waals surface area contributed by atoms with Gasteiger partial charge in [-0.15, -0.1) is 0 Å². The smallest absolute Gasteiger partial charge is 0.288 e. The molecule has 2 aromatic rings. The SMILES string of the molecule is FC(F)Sc1ccccc1Nc1ncccc1Br. The molecule has 1 aromatic carbocycles. The highest BCUT2D eigenvalue weighted by Gasteiger charge is 2.10. The number of para-hydroxylation sites is 1. The Hall–Kier alpha value is -1.14. The molecule has 2 rings (SSSR count). The quantitative estimate of drug-likeness (QED) is 0.807. The number of thioether (sulfide) groups is 1. The van der Waals surface area contributed by atoms with Crippen LogP contribution in [0.1, 0.15) is 0 Å². The highest BCUT2D eigenvalue weighted by atomic mass is 79.9. The number of nitrogens with one attached hydrogen (secondary N) is 1. The van der Waals surface area contributed by atoms with E-state index in [1.807, 2.05) is 6.07 Å². The van der Waals surface area contributed by atoms with Gasteiger partial charge in [-0.1, -0.05) is 23.9 Å². The molecular formula is C12H9BrF2N2S. The summed E-state index contributed by atoms with van der Waals surface area (Å²) < 4.78 is 25.6. The van der Waals surface area contributed by atoms with Crippen LogP contribution in [0.3, 0.4) is 0 Å². The van der Waals surface area contributed by atoms with Gasteiger partial charge in [0.15, 0.2) is 0 Å². The van der Waals surface area contributed by atoms with Crippen LogP contribution in [0, 0.1) is 0 Å². The first-order valence-electron chi connectivity index (χ1n) is 5.08. The van der Waals surface area contributed by atoms with Gasteiger partial charge in [0.2, 0.25) is 0 Å². The second-order valence-electron chi connectivity index (χ2n) is 3.33. The zero-order valence-corrected chi connectivity index (χ0v) is 11.5. The van der Waals surface area contributed by atoms with Gasteiger partial charge in [-0.25, -0.2) is 4.98 Å². The Labute approximate surface area is 116 Å². The van der Waals surface area contributed by atoms with Crippen LogP contribution in [-0.2, 0) is 0 Å². The van der Waals surface area contributed by atoms with E-state index < -0.39 is 5.76 Å². The number of hydrogen-bond donors (Lipinski definition) is 1. The standard InChI is InChI=1S/C12H9BrF2N2S/c13-8-4-3-7-16-11(8)17-9-5-1-2-6-10(9)18-12(14)15/h1-7,12H,(H,16,17). The van der Waals surface area contributed by atoms with Crippen molar-refractivity contribution in [2.45, 2.75) is 10.7 Å². The lowest BCUT2D eigenvalue weighted by atomic mass is 10.3. The number of nitrogens with zero attached hydrogens (tertiary/aromatic N) is 1. The van der Waals surface area contributed by atoms with Crippen molar-refractivity contribution in [2.75, 3.05) is 5.32 Å². The predicted molar refractivity (Wildman–Crippen MR) is 73.5 cm³/mol. The molecule has 1 heterocycles. The number of hydrogen-bond acceptors (Lipinski definition) is 3. The Balaban J connectivity index is 2.26. The molecule has 0 unspecified atom stereocenters. The Kier molecular flexibility index (Phi) is 4.54. The van der Waals surface area contributed by atoms with E-state index in [-0.39, 0.29) is 0 Å². The summed E-state index contributed by atoms with van der Waals surface area (Å²) in [6, 6.07) is 10.5. The molecule has 2 nitrogen and oxygen atoms in total. The van der Waals surface area contributed by atoms with Gasteiger partial charge in [-0.05, 0) is 40.2 Å². The van der Waals surface area contributed by atoms with Gasteiger partial charge >= 0.3 is 0 Å². The third-order valence-corrected chi connectivity index (χ3v) is 3.54. The Morgan fingerprint density at radius 3 is 2.67 bits per heavy atom. The van der Waals surface area contributed by atoms with Crippen LogP contribution in [-0.4, -0.2) is 10.7 Å². The van der Waals surface area contributed by atoms with Crippen LogP contribution in [0.5, 0.6) is 0 Å². The van der Waals surface area contributed by atoms with Crippen LogP contribution in [0.15, 0.2) is 52.0 Å². The molecule has 0 fully saturated rings. The van der Waals surface area contributed by atoms with E-state index in [2.05, 4.69) is 26.2 Å². The maximum Gasteiger partial charge on any atom is 0.288 e. The van der Waals surface area contributed by atoms with Crippen molar-refractivity contribution in [3.8, 4) is 0 Å². The van der Waals surface area contributed by atoms with Gasteiger partial charge in [0, 0.05) is 11.1 Å². The van der Waals surface area contributed by atoms with E-state index in [0.29, 0.717) is 28.2 Å². The molecule has 0 amide bonds. The number of rotatable bonds is 4. The summed E-state index contributed by atoms with van der Waals surface area (Å²) in [5, 5.41) is 3.03. The van der Waals surface area contributed by atoms with Crippen molar-refractivity contribution in [2.24, 2.45) is 0 Å². The number of benzene rings is 1. The monoisotopic (exact) mass is 330 g/mol. The lowest BCUT2D eigenvalue weighted by Crippen LogP contribution is -1.96. The Morgan fingerprint density at radius 2 is 1.94 bits per heavy atom. The Bertz CT molecular complexity index is 537. The van der Waals surface area contributed by atoms with Crippen LogP contribution in [0.2, 0.25) is 0 Å². The summed E-state index contributed by atoms with van der Waals surface area (Å²) >= 11 is 3.86. The lowest BCUT2D eigenvalue weighted by Gasteiger charge is -2.11. The third-order valence-electron chi connectivity index (χ3n) is 2.11. The van der Waals surface area contributed by atoms with E-state index in [4.69, 9.17) is 0 Å². The van der Waals surface area contributed by atoms with Crippen LogP contribution in [0.4, 0.5) is 20.3 Å². The lowest BCUT2D eigenvalue weighted by molar-refractivity contribution is 0.252. The average molecular weight is 331 g/mol. The largest absolute Gasteiger partial charge is 0.338 e. The fourth-order valence-corrected chi connectivity index (χ4v) is 2.32. The van der Waals surface area contributed by atoms with Gasteiger partial charge < -0.3 is 5.32 Å². The first kappa shape index (κ1) is 13.3. The first-order chi connectivity index (χ1) is 8.66. The molecule has 0 atom stereocenters. The summed E-state index contributed by atoms with van der Waals surface area (Å²) in [7, 11) is 0. The number of aromatic nitrogens is 1. The molecule has 6 heteroatoms. The molecule has 0 saturated heterocycles. The van der Waals surface area contributed by atoms with Crippen molar-refractivity contribution in [1.82, 2.24) is 4.98 Å². The maximum atomic E-state index is 12.4. The topological polar surface area (TPSA) is 24.9 Å².